The molecule has 0 unspecified atom stereocenters. The molecule has 1 saturated heterocycles. The minimum absolute atomic E-state index is 0.0173. The van der Waals surface area contributed by atoms with E-state index in [1.54, 1.807) is 23.1 Å². The first kappa shape index (κ1) is 17.6. The highest BCUT2D eigenvalue weighted by Crippen LogP contribution is 2.33. The van der Waals surface area contributed by atoms with Crippen molar-refractivity contribution in [2.24, 2.45) is 0 Å². The molecule has 2 aliphatic rings. The lowest BCUT2D eigenvalue weighted by molar-refractivity contribution is -0.128. The van der Waals surface area contributed by atoms with Gasteiger partial charge in [0.1, 0.15) is 12.3 Å². The molecular weight excluding hydrogens is 342 g/mol. The summed E-state index contributed by atoms with van der Waals surface area (Å²) in [6, 6.07) is 7.14. The number of hydrogen-bond acceptors (Lipinski definition) is 5. The van der Waals surface area contributed by atoms with Crippen LogP contribution >= 0.6 is 11.8 Å². The summed E-state index contributed by atoms with van der Waals surface area (Å²) in [5, 5.41) is 2.73. The summed E-state index contributed by atoms with van der Waals surface area (Å²) < 4.78 is 5.77. The predicted octanol–water partition coefficient (Wildman–Crippen LogP) is 1.48. The molecule has 25 heavy (non-hydrogen) atoms. The Morgan fingerprint density at radius 2 is 2.16 bits per heavy atom. The van der Waals surface area contributed by atoms with Crippen LogP contribution in [-0.4, -0.2) is 60.0 Å². The van der Waals surface area contributed by atoms with Crippen molar-refractivity contribution in [2.75, 3.05) is 36.8 Å². The van der Waals surface area contributed by atoms with Crippen LogP contribution in [-0.2, 0) is 9.59 Å². The van der Waals surface area contributed by atoms with Gasteiger partial charge in [0.2, 0.25) is 5.91 Å². The Morgan fingerprint density at radius 3 is 2.88 bits per heavy atom. The first-order valence-electron chi connectivity index (χ1n) is 8.35. The van der Waals surface area contributed by atoms with Crippen molar-refractivity contribution < 1.29 is 19.1 Å². The Balaban J connectivity index is 1.77. The second kappa shape index (κ2) is 7.77. The molecule has 2 aliphatic heterocycles. The van der Waals surface area contributed by atoms with Gasteiger partial charge in [-0.2, -0.15) is 0 Å². The molecule has 8 heteroatoms. The highest BCUT2D eigenvalue weighted by molar-refractivity contribution is 8.13. The van der Waals surface area contributed by atoms with Crippen molar-refractivity contribution in [1.82, 2.24) is 10.2 Å². The molecule has 2 heterocycles. The zero-order chi connectivity index (χ0) is 17.8. The maximum Gasteiger partial charge on any atom is 0.282 e. The Morgan fingerprint density at radius 1 is 1.36 bits per heavy atom. The largest absolute Gasteiger partial charge is 0.477 e. The fraction of sp³-hybridized carbons (Fsp3) is 0.471. The molecule has 3 rings (SSSR count). The molecule has 0 saturated carbocycles. The van der Waals surface area contributed by atoms with Gasteiger partial charge in [-0.25, -0.2) is 0 Å². The number of anilines is 1. The molecule has 1 N–H and O–H groups in total. The molecule has 7 nitrogen and oxygen atoms in total. The van der Waals surface area contributed by atoms with Crippen molar-refractivity contribution in [3.8, 4) is 5.75 Å². The molecule has 0 aromatic heterocycles. The van der Waals surface area contributed by atoms with Crippen LogP contribution in [0.25, 0.3) is 0 Å². The number of para-hydroxylation sites is 2. The van der Waals surface area contributed by atoms with E-state index in [2.05, 4.69) is 5.32 Å². The van der Waals surface area contributed by atoms with Crippen LogP contribution in [0.15, 0.2) is 24.3 Å². The molecule has 3 amide bonds. The fourth-order valence-corrected chi connectivity index (χ4v) is 3.61. The molecule has 0 spiro atoms. The van der Waals surface area contributed by atoms with E-state index in [9.17, 15) is 14.4 Å². The number of carbonyl (C=O) groups excluding carboxylic acids is 3. The van der Waals surface area contributed by atoms with E-state index in [-0.39, 0.29) is 30.1 Å². The smallest absolute Gasteiger partial charge is 0.282 e. The van der Waals surface area contributed by atoms with Gasteiger partial charge in [0.25, 0.3) is 11.1 Å². The number of nitrogens with zero attached hydrogens (tertiary/aromatic N) is 2. The minimum atomic E-state index is -0.756. The van der Waals surface area contributed by atoms with Crippen LogP contribution in [0.2, 0.25) is 0 Å². The SMILES string of the molecule is CCCNC(=O)[C@H]1CN(C(=O)CN2CCSC2=O)c2ccccc2O1. The number of amides is 3. The Hall–Kier alpha value is -2.22. The first-order valence-corrected chi connectivity index (χ1v) is 9.34. The number of hydrogen-bond donors (Lipinski definition) is 1. The van der Waals surface area contributed by atoms with Crippen molar-refractivity contribution in [3.05, 3.63) is 24.3 Å². The van der Waals surface area contributed by atoms with Gasteiger partial charge in [0, 0.05) is 18.8 Å². The molecule has 0 aliphatic carbocycles. The van der Waals surface area contributed by atoms with Crippen LogP contribution in [0.1, 0.15) is 13.3 Å². The lowest BCUT2D eigenvalue weighted by atomic mass is 10.1. The molecule has 0 radical (unpaired) electrons. The summed E-state index contributed by atoms with van der Waals surface area (Å²) in [6.07, 6.45) is 0.0703. The normalized spacial score (nSPS) is 19.4. The number of benzene rings is 1. The average molecular weight is 363 g/mol. The Bertz CT molecular complexity index is 682. The highest BCUT2D eigenvalue weighted by atomic mass is 32.2. The van der Waals surface area contributed by atoms with Gasteiger partial charge in [-0.1, -0.05) is 30.8 Å². The third-order valence-electron chi connectivity index (χ3n) is 4.09. The standard InChI is InChI=1S/C17H21N3O4S/c1-2-7-18-16(22)14-10-20(12-5-3-4-6-13(12)24-14)15(21)11-19-8-9-25-17(19)23/h3-6,14H,2,7-11H2,1H3,(H,18,22)/t14-/m1/s1. The lowest BCUT2D eigenvalue weighted by Gasteiger charge is -2.34. The average Bonchev–Trinajstić information content (AvgIpc) is 3.03. The third kappa shape index (κ3) is 3.89. The van der Waals surface area contributed by atoms with Gasteiger partial charge in [-0.15, -0.1) is 0 Å². The quantitative estimate of drug-likeness (QED) is 0.857. The summed E-state index contributed by atoms with van der Waals surface area (Å²) in [5.74, 6) is 0.760. The molecule has 134 valence electrons. The second-order valence-corrected chi connectivity index (χ2v) is 6.95. The van der Waals surface area contributed by atoms with Crippen molar-refractivity contribution in [2.45, 2.75) is 19.4 Å². The predicted molar refractivity (Wildman–Crippen MR) is 95.9 cm³/mol. The molecular formula is C17H21N3O4S. The number of nitrogens with one attached hydrogen (secondary N) is 1. The van der Waals surface area contributed by atoms with E-state index in [0.29, 0.717) is 30.3 Å². The summed E-state index contributed by atoms with van der Waals surface area (Å²) in [4.78, 5) is 39.9. The number of thioether (sulfide) groups is 1. The van der Waals surface area contributed by atoms with E-state index >= 15 is 0 Å². The molecule has 0 bridgehead atoms. The van der Waals surface area contributed by atoms with Crippen LogP contribution in [0, 0.1) is 0 Å². The van der Waals surface area contributed by atoms with Crippen molar-refractivity contribution in [3.63, 3.8) is 0 Å². The van der Waals surface area contributed by atoms with Gasteiger partial charge in [0.05, 0.1) is 12.2 Å². The van der Waals surface area contributed by atoms with Crippen molar-refractivity contribution >= 4 is 34.5 Å². The van der Waals surface area contributed by atoms with Gasteiger partial charge in [0.15, 0.2) is 6.10 Å². The Kier molecular flexibility index (Phi) is 5.47. The monoisotopic (exact) mass is 363 g/mol. The number of rotatable bonds is 5. The number of carbonyl (C=O) groups is 3. The van der Waals surface area contributed by atoms with Gasteiger partial charge in [-0.05, 0) is 18.6 Å². The van der Waals surface area contributed by atoms with Crippen LogP contribution in [0.5, 0.6) is 5.75 Å². The fourth-order valence-electron chi connectivity index (χ4n) is 2.79. The molecule has 1 aromatic carbocycles. The second-order valence-electron chi connectivity index (χ2n) is 5.91. The lowest BCUT2D eigenvalue weighted by Crippen LogP contribution is -2.52. The maximum absolute atomic E-state index is 12.8. The van der Waals surface area contributed by atoms with E-state index in [0.717, 1.165) is 6.42 Å². The number of ether oxygens (including phenoxy) is 1. The van der Waals surface area contributed by atoms with Gasteiger partial charge in [-0.3, -0.25) is 14.4 Å². The topological polar surface area (TPSA) is 79.0 Å². The van der Waals surface area contributed by atoms with E-state index in [1.165, 1.54) is 16.7 Å². The third-order valence-corrected chi connectivity index (χ3v) is 4.98. The summed E-state index contributed by atoms with van der Waals surface area (Å²) >= 11 is 1.22. The van der Waals surface area contributed by atoms with E-state index in [4.69, 9.17) is 4.74 Å². The zero-order valence-electron chi connectivity index (χ0n) is 14.1. The van der Waals surface area contributed by atoms with Crippen LogP contribution in [0.3, 0.4) is 0 Å². The van der Waals surface area contributed by atoms with E-state index in [1.807, 2.05) is 13.0 Å². The first-order chi connectivity index (χ1) is 12.1. The highest BCUT2D eigenvalue weighted by Gasteiger charge is 2.35. The molecule has 1 fully saturated rings. The Labute approximate surface area is 150 Å². The summed E-state index contributed by atoms with van der Waals surface area (Å²) in [6.45, 7) is 3.26. The van der Waals surface area contributed by atoms with Crippen LogP contribution < -0.4 is 15.0 Å². The summed E-state index contributed by atoms with van der Waals surface area (Å²) in [5.41, 5.74) is 0.631. The maximum atomic E-state index is 12.8. The minimum Gasteiger partial charge on any atom is -0.477 e. The summed E-state index contributed by atoms with van der Waals surface area (Å²) in [7, 11) is 0. The molecule has 1 aromatic rings. The molecule has 1 atom stereocenters. The van der Waals surface area contributed by atoms with E-state index < -0.39 is 6.10 Å². The van der Waals surface area contributed by atoms with Gasteiger partial charge >= 0.3 is 0 Å². The van der Waals surface area contributed by atoms with Crippen LogP contribution in [0.4, 0.5) is 10.5 Å². The number of fused-ring (bicyclic) bond motifs is 1. The van der Waals surface area contributed by atoms with Crippen molar-refractivity contribution in [1.29, 1.82) is 0 Å². The zero-order valence-corrected chi connectivity index (χ0v) is 14.9. The van der Waals surface area contributed by atoms with Gasteiger partial charge < -0.3 is 19.9 Å².